The Balaban J connectivity index is 2.05. The third kappa shape index (κ3) is 3.77. The van der Waals surface area contributed by atoms with Crippen molar-refractivity contribution in [2.45, 2.75) is 33.7 Å². The summed E-state index contributed by atoms with van der Waals surface area (Å²) in [4.78, 5) is 14.8. The van der Waals surface area contributed by atoms with Crippen molar-refractivity contribution in [2.24, 2.45) is 5.92 Å². The van der Waals surface area contributed by atoms with E-state index >= 15 is 0 Å². The van der Waals surface area contributed by atoms with Gasteiger partial charge < -0.3 is 9.84 Å². The molecule has 0 amide bonds. The fourth-order valence-electron chi connectivity index (χ4n) is 1.99. The average Bonchev–Trinajstić information content (AvgIpc) is 2.84. The molecule has 0 fully saturated rings. The third-order valence-electron chi connectivity index (χ3n) is 3.03. The lowest BCUT2D eigenvalue weighted by Crippen LogP contribution is -2.03. The Kier molecular flexibility index (Phi) is 4.52. The van der Waals surface area contributed by atoms with Gasteiger partial charge in [-0.3, -0.25) is 10.1 Å². The van der Waals surface area contributed by atoms with Crippen molar-refractivity contribution in [3.8, 4) is 0 Å². The maximum Gasteiger partial charge on any atom is 0.274 e. The summed E-state index contributed by atoms with van der Waals surface area (Å²) >= 11 is 0. The van der Waals surface area contributed by atoms with Gasteiger partial charge in [-0.05, 0) is 18.9 Å². The van der Waals surface area contributed by atoms with E-state index in [0.717, 1.165) is 6.42 Å². The number of anilines is 1. The van der Waals surface area contributed by atoms with Crippen molar-refractivity contribution in [3.63, 3.8) is 0 Å². The van der Waals surface area contributed by atoms with Crippen LogP contribution in [0, 0.1) is 23.0 Å². The minimum absolute atomic E-state index is 0.0889. The second-order valence-electron chi connectivity index (χ2n) is 5.26. The second-order valence-corrected chi connectivity index (χ2v) is 5.26. The van der Waals surface area contributed by atoms with Crippen LogP contribution < -0.4 is 5.32 Å². The molecule has 21 heavy (non-hydrogen) atoms. The van der Waals surface area contributed by atoms with Crippen molar-refractivity contribution >= 4 is 11.4 Å². The molecular weight excluding hydrogens is 272 g/mol. The molecule has 7 heteroatoms. The summed E-state index contributed by atoms with van der Waals surface area (Å²) in [6.07, 6.45) is 0.763. The Morgan fingerprint density at radius 3 is 2.86 bits per heavy atom. The normalized spacial score (nSPS) is 10.9. The van der Waals surface area contributed by atoms with Crippen LogP contribution in [0.1, 0.15) is 31.1 Å². The van der Waals surface area contributed by atoms with Crippen molar-refractivity contribution in [2.75, 3.05) is 5.32 Å². The molecule has 0 radical (unpaired) electrons. The number of hydrogen-bond donors (Lipinski definition) is 1. The highest BCUT2D eigenvalue weighted by Crippen LogP contribution is 2.25. The van der Waals surface area contributed by atoms with E-state index in [0.29, 0.717) is 35.4 Å². The molecule has 1 heterocycles. The molecule has 0 aliphatic heterocycles. The minimum Gasteiger partial charge on any atom is -0.376 e. The van der Waals surface area contributed by atoms with Crippen molar-refractivity contribution < 1.29 is 9.45 Å². The fraction of sp³-hybridized carbons (Fsp3) is 0.429. The second kappa shape index (κ2) is 6.34. The van der Waals surface area contributed by atoms with Gasteiger partial charge in [-0.25, -0.2) is 0 Å². The van der Waals surface area contributed by atoms with E-state index in [1.807, 2.05) is 0 Å². The molecule has 7 nitrogen and oxygen atoms in total. The topological polar surface area (TPSA) is 94.1 Å². The van der Waals surface area contributed by atoms with Crippen LogP contribution in [-0.2, 0) is 13.0 Å². The Labute approximate surface area is 122 Å². The number of aromatic nitrogens is 2. The highest BCUT2D eigenvalue weighted by Gasteiger charge is 2.14. The largest absolute Gasteiger partial charge is 0.376 e. The van der Waals surface area contributed by atoms with Crippen LogP contribution in [0.5, 0.6) is 0 Å². The van der Waals surface area contributed by atoms with Crippen molar-refractivity contribution in [1.82, 2.24) is 10.1 Å². The van der Waals surface area contributed by atoms with E-state index < -0.39 is 4.92 Å². The van der Waals surface area contributed by atoms with E-state index in [1.54, 1.807) is 19.1 Å². The molecule has 1 aromatic heterocycles. The van der Waals surface area contributed by atoms with Gasteiger partial charge in [0.25, 0.3) is 5.69 Å². The van der Waals surface area contributed by atoms with Gasteiger partial charge in [0, 0.05) is 23.7 Å². The molecular formula is C14H18N4O3. The van der Waals surface area contributed by atoms with Gasteiger partial charge in [-0.1, -0.05) is 25.1 Å². The van der Waals surface area contributed by atoms with Crippen molar-refractivity contribution in [1.29, 1.82) is 0 Å². The zero-order chi connectivity index (χ0) is 15.4. The quantitative estimate of drug-likeness (QED) is 0.649. The van der Waals surface area contributed by atoms with E-state index in [2.05, 4.69) is 29.3 Å². The number of nitro groups is 1. The van der Waals surface area contributed by atoms with Gasteiger partial charge in [0.2, 0.25) is 5.89 Å². The summed E-state index contributed by atoms with van der Waals surface area (Å²) in [5.74, 6) is 1.61. The number of benzene rings is 1. The molecule has 1 N–H and O–H groups in total. The van der Waals surface area contributed by atoms with Crippen LogP contribution in [0.25, 0.3) is 0 Å². The van der Waals surface area contributed by atoms with E-state index in [-0.39, 0.29) is 5.69 Å². The highest BCUT2D eigenvalue weighted by atomic mass is 16.6. The molecule has 0 bridgehead atoms. The predicted molar refractivity (Wildman–Crippen MR) is 78.0 cm³/mol. The lowest BCUT2D eigenvalue weighted by molar-refractivity contribution is -0.385. The first-order chi connectivity index (χ1) is 9.97. The summed E-state index contributed by atoms with van der Waals surface area (Å²) in [6, 6.07) is 4.91. The molecule has 0 saturated heterocycles. The van der Waals surface area contributed by atoms with Gasteiger partial charge in [-0.15, -0.1) is 0 Å². The summed E-state index contributed by atoms with van der Waals surface area (Å²) in [5.41, 5.74) is 1.36. The van der Waals surface area contributed by atoms with Crippen LogP contribution in [0.3, 0.4) is 0 Å². The molecule has 2 rings (SSSR count). The zero-order valence-electron chi connectivity index (χ0n) is 12.3. The van der Waals surface area contributed by atoms with Gasteiger partial charge in [0.15, 0.2) is 5.82 Å². The van der Waals surface area contributed by atoms with E-state index in [1.165, 1.54) is 6.07 Å². The number of hydrogen-bond acceptors (Lipinski definition) is 6. The summed E-state index contributed by atoms with van der Waals surface area (Å²) in [6.45, 7) is 6.22. The maximum atomic E-state index is 10.9. The van der Waals surface area contributed by atoms with Crippen LogP contribution in [0.2, 0.25) is 0 Å². The number of nitro benzene ring substituents is 1. The molecule has 112 valence electrons. The van der Waals surface area contributed by atoms with Gasteiger partial charge in [0.05, 0.1) is 11.5 Å². The highest BCUT2D eigenvalue weighted by molar-refractivity contribution is 5.59. The summed E-state index contributed by atoms with van der Waals surface area (Å²) in [7, 11) is 0. The van der Waals surface area contributed by atoms with Gasteiger partial charge in [0.1, 0.15) is 0 Å². The molecule has 0 spiro atoms. The predicted octanol–water partition coefficient (Wildman–Crippen LogP) is 3.10. The molecule has 0 atom stereocenters. The lowest BCUT2D eigenvalue weighted by Gasteiger charge is -2.07. The van der Waals surface area contributed by atoms with Crippen molar-refractivity contribution in [3.05, 3.63) is 45.6 Å². The Hall–Kier alpha value is -2.44. The van der Waals surface area contributed by atoms with E-state index in [4.69, 9.17) is 4.52 Å². The lowest BCUT2D eigenvalue weighted by atomic mass is 10.1. The van der Waals surface area contributed by atoms with E-state index in [9.17, 15) is 10.1 Å². The minimum atomic E-state index is -0.395. The number of nitrogens with one attached hydrogen (secondary N) is 1. The first kappa shape index (κ1) is 15.0. The van der Waals surface area contributed by atoms with Gasteiger partial charge in [-0.2, -0.15) is 4.98 Å². The molecule has 0 aliphatic rings. The molecule has 0 aliphatic carbocycles. The Morgan fingerprint density at radius 2 is 2.19 bits per heavy atom. The molecule has 1 aromatic carbocycles. The van der Waals surface area contributed by atoms with Crippen LogP contribution in [-0.4, -0.2) is 15.1 Å². The SMILES string of the molecule is Cc1c(NCc2nc(CC(C)C)no2)cccc1[N+](=O)[O-]. The number of nitrogens with zero attached hydrogens (tertiary/aromatic N) is 3. The first-order valence-electron chi connectivity index (χ1n) is 6.76. The first-order valence-corrected chi connectivity index (χ1v) is 6.76. The molecule has 0 unspecified atom stereocenters. The smallest absolute Gasteiger partial charge is 0.274 e. The summed E-state index contributed by atoms with van der Waals surface area (Å²) in [5, 5.41) is 17.9. The Morgan fingerprint density at radius 1 is 1.43 bits per heavy atom. The van der Waals surface area contributed by atoms with Gasteiger partial charge >= 0.3 is 0 Å². The third-order valence-corrected chi connectivity index (χ3v) is 3.03. The monoisotopic (exact) mass is 290 g/mol. The average molecular weight is 290 g/mol. The Bertz CT molecular complexity index is 637. The number of rotatable bonds is 6. The molecule has 0 saturated carbocycles. The summed E-state index contributed by atoms with van der Waals surface area (Å²) < 4.78 is 5.15. The van der Waals surface area contributed by atoms with Crippen LogP contribution in [0.4, 0.5) is 11.4 Å². The maximum absolute atomic E-state index is 10.9. The zero-order valence-corrected chi connectivity index (χ0v) is 12.3. The standard InChI is InChI=1S/C14H18N4O3/c1-9(2)7-13-16-14(21-17-13)8-15-11-5-4-6-12(10(11)3)18(19)20/h4-6,9,15H,7-8H2,1-3H3. The fourth-order valence-corrected chi connectivity index (χ4v) is 1.99. The van der Waals surface area contributed by atoms with Crippen LogP contribution in [0.15, 0.2) is 22.7 Å². The van der Waals surface area contributed by atoms with Crippen LogP contribution >= 0.6 is 0 Å². The molecule has 2 aromatic rings.